The fourth-order valence-corrected chi connectivity index (χ4v) is 12.4. The van der Waals surface area contributed by atoms with Gasteiger partial charge >= 0.3 is 17.9 Å². The lowest BCUT2D eigenvalue weighted by atomic mass is 9.49. The Morgan fingerprint density at radius 1 is 0.922 bits per heavy atom. The number of benzene rings is 1. The van der Waals surface area contributed by atoms with Gasteiger partial charge in [-0.2, -0.15) is 0 Å². The van der Waals surface area contributed by atoms with Crippen LogP contribution in [-0.2, 0) is 33.3 Å². The van der Waals surface area contributed by atoms with Crippen molar-refractivity contribution in [2.45, 2.75) is 137 Å². The van der Waals surface area contributed by atoms with Crippen LogP contribution >= 0.6 is 0 Å². The standard InChI is InChI=1S/C50H64O14/c1-23-13-12-14-24(2)37-27(5)18-31-33(62-47-40(52)39(51)41(29(7)61-47)63-45(57)35-26(4)17-30(59-10)19-34(35)60-11)16-15-25(3)38(31)49(37,9)42(53)36-43(54)50(64-46(36)58)21-28(6)32(44(55)56)22-48(50,8)20-23/h14,17-20,22,25,28-29,31,33,37-41,47,51-53H,12-13,15-16,21H2,1-11H3,(H,55,56)/b23-20?,24-14?,42-36-. The summed E-state index contributed by atoms with van der Waals surface area (Å²) >= 11 is 0. The van der Waals surface area contributed by atoms with Crippen molar-refractivity contribution in [3.8, 4) is 11.5 Å². The molecule has 14 unspecified atom stereocenters. The summed E-state index contributed by atoms with van der Waals surface area (Å²) in [5, 5.41) is 46.2. The van der Waals surface area contributed by atoms with Crippen LogP contribution in [0.1, 0.15) is 103 Å². The number of carbonyl (C=O) groups excluding carboxylic acids is 3. The average Bonchev–Trinajstić information content (AvgIpc) is 3.47. The van der Waals surface area contributed by atoms with Crippen LogP contribution in [0.5, 0.6) is 11.5 Å². The first-order valence-electron chi connectivity index (χ1n) is 22.4. The smallest absolute Gasteiger partial charge is 0.346 e. The zero-order valence-electron chi connectivity index (χ0n) is 38.7. The van der Waals surface area contributed by atoms with Crippen LogP contribution in [0.2, 0.25) is 0 Å². The molecule has 14 heteroatoms. The van der Waals surface area contributed by atoms with Gasteiger partial charge in [-0.1, -0.05) is 61.8 Å². The maximum Gasteiger partial charge on any atom is 0.346 e. The van der Waals surface area contributed by atoms with Crippen LogP contribution in [0.25, 0.3) is 0 Å². The van der Waals surface area contributed by atoms with E-state index in [4.69, 9.17) is 28.4 Å². The highest BCUT2D eigenvalue weighted by molar-refractivity contribution is 6.26. The number of fused-ring (bicyclic) bond motifs is 4. The van der Waals surface area contributed by atoms with Crippen LogP contribution in [-0.4, -0.2) is 101 Å². The summed E-state index contributed by atoms with van der Waals surface area (Å²) in [5.41, 5.74) is -1.28. The molecule has 1 aromatic carbocycles. The summed E-state index contributed by atoms with van der Waals surface area (Å²) in [5.74, 6) is -5.18. The number of Topliss-reactive ketones (excluding diaryl/α,β-unsaturated/α-hetero) is 1. The van der Waals surface area contributed by atoms with E-state index in [1.54, 1.807) is 45.9 Å². The highest BCUT2D eigenvalue weighted by atomic mass is 16.7. The highest BCUT2D eigenvalue weighted by Gasteiger charge is 2.67. The lowest BCUT2D eigenvalue weighted by molar-refractivity contribution is -0.311. The number of ketones is 1. The summed E-state index contributed by atoms with van der Waals surface area (Å²) < 4.78 is 35.7. The first kappa shape index (κ1) is 47.2. The summed E-state index contributed by atoms with van der Waals surface area (Å²) in [6, 6.07) is 3.21. The zero-order chi connectivity index (χ0) is 47.0. The number of aliphatic hydroxyl groups excluding tert-OH is 3. The minimum atomic E-state index is -1.80. The number of aryl methyl sites for hydroxylation is 1. The number of ether oxygens (including phenoxy) is 6. The van der Waals surface area contributed by atoms with Crippen LogP contribution < -0.4 is 9.47 Å². The van der Waals surface area contributed by atoms with E-state index in [1.165, 1.54) is 14.2 Å². The van der Waals surface area contributed by atoms with Gasteiger partial charge in [0, 0.05) is 35.3 Å². The molecule has 1 spiro atoms. The fraction of sp³-hybridized carbons (Fsp3) is 0.600. The van der Waals surface area contributed by atoms with E-state index in [-0.39, 0.29) is 35.0 Å². The first-order valence-corrected chi connectivity index (χ1v) is 22.4. The number of aliphatic carboxylic acids is 1. The SMILES string of the molecule is COc1cc(C)c(C(=O)OC2C(C)OC(OC3CCC(C)C4C3C=C(C)C3C(C)=CCCC(C)=CC5(C)C=C(C(=O)O)C(C)CC56OC(=O)/C(=C(\O)C34C)C6=O)C(O)C2O)c(OC)c1. The number of carboxylic acid groups (broad SMARTS) is 1. The lowest BCUT2D eigenvalue weighted by Gasteiger charge is -2.56. The van der Waals surface area contributed by atoms with E-state index in [1.807, 2.05) is 33.8 Å². The van der Waals surface area contributed by atoms with E-state index >= 15 is 4.79 Å². The van der Waals surface area contributed by atoms with Crippen LogP contribution in [0.4, 0.5) is 0 Å². The van der Waals surface area contributed by atoms with Crippen molar-refractivity contribution >= 4 is 23.7 Å². The summed E-state index contributed by atoms with van der Waals surface area (Å²) in [6.45, 7) is 16.6. The second kappa shape index (κ2) is 17.2. The molecule has 1 saturated carbocycles. The number of aliphatic hydroxyl groups is 3. The zero-order valence-corrected chi connectivity index (χ0v) is 38.7. The number of methoxy groups -OCH3 is 2. The Labute approximate surface area is 375 Å². The second-order valence-corrected chi connectivity index (χ2v) is 19.6. The Hall–Kier alpha value is -4.76. The molecule has 4 aliphatic carbocycles. The van der Waals surface area contributed by atoms with E-state index in [0.717, 1.165) is 16.7 Å². The number of rotatable bonds is 7. The molecule has 2 bridgehead atoms. The molecule has 6 aliphatic rings. The monoisotopic (exact) mass is 888 g/mol. The number of carbonyl (C=O) groups is 4. The molecule has 4 N–H and O–H groups in total. The van der Waals surface area contributed by atoms with Gasteiger partial charge in [0.05, 0.1) is 31.8 Å². The minimum absolute atomic E-state index is 0.0664. The molecule has 0 aromatic heterocycles. The Morgan fingerprint density at radius 3 is 2.28 bits per heavy atom. The molecule has 14 nitrogen and oxygen atoms in total. The largest absolute Gasteiger partial charge is 0.511 e. The molecule has 348 valence electrons. The lowest BCUT2D eigenvalue weighted by Crippen LogP contribution is -2.60. The van der Waals surface area contributed by atoms with E-state index in [0.29, 0.717) is 37.0 Å². The van der Waals surface area contributed by atoms with Gasteiger partial charge in [0.2, 0.25) is 5.78 Å². The third-order valence-electron chi connectivity index (χ3n) is 15.3. The van der Waals surface area contributed by atoms with Gasteiger partial charge in [0.25, 0.3) is 0 Å². The summed E-state index contributed by atoms with van der Waals surface area (Å²) in [4.78, 5) is 55.6. The van der Waals surface area contributed by atoms with Crippen molar-refractivity contribution in [2.24, 2.45) is 40.4 Å². The molecular formula is C50H64O14. The number of hydrogen-bond acceptors (Lipinski definition) is 13. The molecule has 2 heterocycles. The molecular weight excluding hydrogens is 825 g/mol. The molecule has 0 amide bonds. The normalized spacial score (nSPS) is 40.0. The molecule has 2 saturated heterocycles. The topological polar surface area (TPSA) is 205 Å². The Kier molecular flexibility index (Phi) is 12.7. The van der Waals surface area contributed by atoms with E-state index in [2.05, 4.69) is 19.1 Å². The Morgan fingerprint density at radius 2 is 1.62 bits per heavy atom. The molecule has 14 atom stereocenters. The molecule has 2 aliphatic heterocycles. The molecule has 3 fully saturated rings. The average molecular weight is 889 g/mol. The second-order valence-electron chi connectivity index (χ2n) is 19.6. The van der Waals surface area contributed by atoms with Gasteiger partial charge in [-0.25, -0.2) is 14.4 Å². The predicted molar refractivity (Wildman–Crippen MR) is 233 cm³/mol. The van der Waals surface area contributed by atoms with E-state index < -0.39 is 106 Å². The Balaban J connectivity index is 1.24. The van der Waals surface area contributed by atoms with Crippen molar-refractivity contribution in [1.82, 2.24) is 0 Å². The van der Waals surface area contributed by atoms with Crippen molar-refractivity contribution < 1.29 is 68.0 Å². The van der Waals surface area contributed by atoms with Crippen molar-refractivity contribution in [3.05, 3.63) is 81.2 Å². The minimum Gasteiger partial charge on any atom is -0.511 e. The van der Waals surface area contributed by atoms with Gasteiger partial charge in [-0.15, -0.1) is 0 Å². The maximum atomic E-state index is 15.2. The van der Waals surface area contributed by atoms with Gasteiger partial charge in [0.15, 0.2) is 18.0 Å². The fourth-order valence-electron chi connectivity index (χ4n) is 12.4. The van der Waals surface area contributed by atoms with Gasteiger partial charge in [-0.05, 0) is 96.6 Å². The third-order valence-corrected chi connectivity index (χ3v) is 15.3. The molecule has 0 radical (unpaired) electrons. The summed E-state index contributed by atoms with van der Waals surface area (Å²) in [7, 11) is 2.91. The number of esters is 2. The van der Waals surface area contributed by atoms with Gasteiger partial charge < -0.3 is 48.8 Å². The van der Waals surface area contributed by atoms with Crippen LogP contribution in [0, 0.1) is 47.3 Å². The maximum absolute atomic E-state index is 15.2. The molecule has 7 rings (SSSR count). The number of carboxylic acids is 1. The van der Waals surface area contributed by atoms with Crippen molar-refractivity contribution in [2.75, 3.05) is 14.2 Å². The Bertz CT molecular complexity index is 2270. The van der Waals surface area contributed by atoms with Gasteiger partial charge in [-0.3, -0.25) is 4.79 Å². The van der Waals surface area contributed by atoms with E-state index in [9.17, 15) is 34.8 Å². The predicted octanol–water partition coefficient (Wildman–Crippen LogP) is 7.05. The first-order chi connectivity index (χ1) is 30.0. The molecule has 1 aromatic rings. The van der Waals surface area contributed by atoms with Crippen molar-refractivity contribution in [1.29, 1.82) is 0 Å². The highest BCUT2D eigenvalue weighted by Crippen LogP contribution is 2.62. The molecule has 64 heavy (non-hydrogen) atoms. The quantitative estimate of drug-likeness (QED) is 0.123. The number of hydrogen-bond donors (Lipinski definition) is 4. The number of allylic oxidation sites excluding steroid dienone is 5. The van der Waals surface area contributed by atoms with Crippen molar-refractivity contribution in [3.63, 3.8) is 0 Å². The third kappa shape index (κ3) is 7.51. The van der Waals surface area contributed by atoms with Gasteiger partial charge in [0.1, 0.15) is 40.6 Å². The summed E-state index contributed by atoms with van der Waals surface area (Å²) in [6.07, 6.45) is 2.58. The van der Waals surface area contributed by atoms with Crippen LogP contribution in [0.15, 0.2) is 70.1 Å². The van der Waals surface area contributed by atoms with Crippen LogP contribution in [0.3, 0.4) is 0 Å².